The Kier molecular flexibility index (Phi) is 7.91. The van der Waals surface area contributed by atoms with Crippen molar-refractivity contribution in [1.82, 2.24) is 0 Å². The summed E-state index contributed by atoms with van der Waals surface area (Å²) in [7, 11) is 0. The van der Waals surface area contributed by atoms with Gasteiger partial charge in [0.05, 0.1) is 13.2 Å². The second-order valence-electron chi connectivity index (χ2n) is 5.20. The van der Waals surface area contributed by atoms with Gasteiger partial charge in [0.15, 0.2) is 0 Å². The smallest absolute Gasteiger partial charge is 0.144 e. The molecule has 3 N–H and O–H groups in total. The number of nitrogens with zero attached hydrogens (tertiary/aromatic N) is 1. The topological polar surface area (TPSA) is 77.1 Å². The fourth-order valence-corrected chi connectivity index (χ4v) is 1.13. The first kappa shape index (κ1) is 16.2. The summed E-state index contributed by atoms with van der Waals surface area (Å²) < 4.78 is 10.8. The van der Waals surface area contributed by atoms with Gasteiger partial charge in [-0.3, -0.25) is 0 Å². The van der Waals surface area contributed by atoms with Gasteiger partial charge in [-0.2, -0.15) is 0 Å². The van der Waals surface area contributed by atoms with Gasteiger partial charge in [-0.1, -0.05) is 32.9 Å². The van der Waals surface area contributed by atoms with Crippen LogP contribution in [0.25, 0.3) is 0 Å². The minimum absolute atomic E-state index is 0.233. The fraction of sp³-hybridized carbons (Fsp3) is 0.917. The number of hydrogen-bond acceptors (Lipinski definition) is 4. The molecule has 0 aromatic rings. The monoisotopic (exact) mass is 246 g/mol. The SMILES string of the molecule is CC(C)COCCOCCC(C)(C)C(N)=NO. The molecule has 0 spiro atoms. The molecule has 0 saturated heterocycles. The van der Waals surface area contributed by atoms with E-state index in [2.05, 4.69) is 19.0 Å². The summed E-state index contributed by atoms with van der Waals surface area (Å²) in [5, 5.41) is 11.6. The van der Waals surface area contributed by atoms with Gasteiger partial charge < -0.3 is 20.4 Å². The number of ether oxygens (including phenoxy) is 2. The zero-order valence-corrected chi connectivity index (χ0v) is 11.4. The minimum Gasteiger partial charge on any atom is -0.409 e. The van der Waals surface area contributed by atoms with Crippen LogP contribution in [0.5, 0.6) is 0 Å². The third-order valence-corrected chi connectivity index (χ3v) is 2.50. The van der Waals surface area contributed by atoms with Gasteiger partial charge in [0.25, 0.3) is 0 Å². The lowest BCUT2D eigenvalue weighted by Crippen LogP contribution is -2.33. The summed E-state index contributed by atoms with van der Waals surface area (Å²) in [5.41, 5.74) is 5.23. The van der Waals surface area contributed by atoms with Crippen molar-refractivity contribution in [3.05, 3.63) is 0 Å². The highest BCUT2D eigenvalue weighted by molar-refractivity contribution is 5.85. The number of amidine groups is 1. The maximum absolute atomic E-state index is 8.60. The Morgan fingerprint density at radius 2 is 1.82 bits per heavy atom. The predicted molar refractivity (Wildman–Crippen MR) is 68.3 cm³/mol. The number of oxime groups is 1. The van der Waals surface area contributed by atoms with Crippen molar-refractivity contribution in [3.63, 3.8) is 0 Å². The van der Waals surface area contributed by atoms with Crippen LogP contribution in [0.15, 0.2) is 5.16 Å². The van der Waals surface area contributed by atoms with Crippen molar-refractivity contribution in [3.8, 4) is 0 Å². The van der Waals surface area contributed by atoms with Gasteiger partial charge in [0.1, 0.15) is 5.84 Å². The lowest BCUT2D eigenvalue weighted by Gasteiger charge is -2.22. The van der Waals surface area contributed by atoms with Crippen LogP contribution in [0.1, 0.15) is 34.1 Å². The molecule has 0 saturated carbocycles. The van der Waals surface area contributed by atoms with Crippen LogP contribution in [-0.2, 0) is 9.47 Å². The summed E-state index contributed by atoms with van der Waals surface area (Å²) in [6, 6.07) is 0. The summed E-state index contributed by atoms with van der Waals surface area (Å²) in [4.78, 5) is 0. The predicted octanol–water partition coefficient (Wildman–Crippen LogP) is 1.84. The average molecular weight is 246 g/mol. The van der Waals surface area contributed by atoms with Gasteiger partial charge in [0.2, 0.25) is 0 Å². The van der Waals surface area contributed by atoms with E-state index in [0.717, 1.165) is 6.61 Å². The summed E-state index contributed by atoms with van der Waals surface area (Å²) in [6.45, 7) is 10.6. The molecular formula is C12H26N2O3. The molecule has 0 aliphatic rings. The summed E-state index contributed by atoms with van der Waals surface area (Å²) >= 11 is 0. The maximum atomic E-state index is 8.60. The molecule has 0 rings (SSSR count). The molecule has 102 valence electrons. The molecular weight excluding hydrogens is 220 g/mol. The van der Waals surface area contributed by atoms with Crippen LogP contribution in [0.3, 0.4) is 0 Å². The second kappa shape index (κ2) is 8.31. The van der Waals surface area contributed by atoms with E-state index in [9.17, 15) is 0 Å². The van der Waals surface area contributed by atoms with Crippen LogP contribution < -0.4 is 5.73 Å². The van der Waals surface area contributed by atoms with E-state index >= 15 is 0 Å². The standard InChI is InChI=1S/C12H26N2O3/c1-10(2)9-17-8-7-16-6-5-12(3,4)11(13)14-15/h10,15H,5-9H2,1-4H3,(H2,13,14). The van der Waals surface area contributed by atoms with Crippen LogP contribution in [0.2, 0.25) is 0 Å². The van der Waals surface area contributed by atoms with E-state index in [-0.39, 0.29) is 11.3 Å². The van der Waals surface area contributed by atoms with Crippen molar-refractivity contribution in [2.75, 3.05) is 26.4 Å². The molecule has 5 heteroatoms. The first-order chi connectivity index (χ1) is 7.90. The molecule has 0 fully saturated rings. The van der Waals surface area contributed by atoms with Crippen molar-refractivity contribution >= 4 is 5.84 Å². The molecule has 5 nitrogen and oxygen atoms in total. The maximum Gasteiger partial charge on any atom is 0.144 e. The summed E-state index contributed by atoms with van der Waals surface area (Å²) in [6.07, 6.45) is 0.715. The zero-order valence-electron chi connectivity index (χ0n) is 11.4. The van der Waals surface area contributed by atoms with Crippen molar-refractivity contribution < 1.29 is 14.7 Å². The summed E-state index contributed by atoms with van der Waals surface area (Å²) in [5.74, 6) is 0.784. The van der Waals surface area contributed by atoms with Crippen molar-refractivity contribution in [2.45, 2.75) is 34.1 Å². The first-order valence-corrected chi connectivity index (χ1v) is 6.03. The van der Waals surface area contributed by atoms with Gasteiger partial charge in [-0.05, 0) is 12.3 Å². The Morgan fingerprint density at radius 1 is 1.24 bits per heavy atom. The lowest BCUT2D eigenvalue weighted by molar-refractivity contribution is 0.0325. The average Bonchev–Trinajstić information content (AvgIpc) is 2.26. The molecule has 0 aromatic carbocycles. The van der Waals surface area contributed by atoms with Crippen LogP contribution in [0.4, 0.5) is 0 Å². The molecule has 0 aliphatic heterocycles. The highest BCUT2D eigenvalue weighted by atomic mass is 16.5. The molecule has 0 aromatic heterocycles. The molecule has 0 heterocycles. The van der Waals surface area contributed by atoms with Crippen molar-refractivity contribution in [1.29, 1.82) is 0 Å². The van der Waals surface area contributed by atoms with E-state index < -0.39 is 0 Å². The van der Waals surface area contributed by atoms with Gasteiger partial charge in [0, 0.05) is 18.6 Å². The molecule has 0 radical (unpaired) electrons. The molecule has 0 unspecified atom stereocenters. The number of hydrogen-bond donors (Lipinski definition) is 2. The van der Waals surface area contributed by atoms with E-state index in [4.69, 9.17) is 20.4 Å². The zero-order chi connectivity index (χ0) is 13.3. The largest absolute Gasteiger partial charge is 0.409 e. The van der Waals surface area contributed by atoms with Crippen LogP contribution in [0, 0.1) is 11.3 Å². The minimum atomic E-state index is -0.340. The highest BCUT2D eigenvalue weighted by Gasteiger charge is 2.22. The van der Waals surface area contributed by atoms with Crippen molar-refractivity contribution in [2.24, 2.45) is 22.2 Å². The molecule has 17 heavy (non-hydrogen) atoms. The third-order valence-electron chi connectivity index (χ3n) is 2.50. The molecule has 0 aliphatic carbocycles. The van der Waals surface area contributed by atoms with Crippen LogP contribution in [-0.4, -0.2) is 37.5 Å². The molecule has 0 amide bonds. The van der Waals surface area contributed by atoms with E-state index in [1.54, 1.807) is 0 Å². The highest BCUT2D eigenvalue weighted by Crippen LogP contribution is 2.19. The Morgan fingerprint density at radius 3 is 2.35 bits per heavy atom. The number of nitrogens with two attached hydrogens (primary N) is 1. The third kappa shape index (κ3) is 7.99. The second-order valence-corrected chi connectivity index (χ2v) is 5.20. The first-order valence-electron chi connectivity index (χ1n) is 6.03. The Balaban J connectivity index is 3.52. The number of rotatable bonds is 9. The Hall–Kier alpha value is -0.810. The van der Waals surface area contributed by atoms with E-state index in [1.165, 1.54) is 0 Å². The van der Waals surface area contributed by atoms with Gasteiger partial charge in [-0.15, -0.1) is 0 Å². The van der Waals surface area contributed by atoms with Gasteiger partial charge in [-0.25, -0.2) is 0 Å². The van der Waals surface area contributed by atoms with E-state index in [1.807, 2.05) is 13.8 Å². The fourth-order valence-electron chi connectivity index (χ4n) is 1.13. The van der Waals surface area contributed by atoms with E-state index in [0.29, 0.717) is 32.2 Å². The normalized spacial score (nSPS) is 13.4. The molecule has 0 atom stereocenters. The lowest BCUT2D eigenvalue weighted by atomic mass is 9.88. The quantitative estimate of drug-likeness (QED) is 0.214. The Labute approximate surface area is 104 Å². The van der Waals surface area contributed by atoms with Gasteiger partial charge >= 0.3 is 0 Å². The molecule has 0 bridgehead atoms. The Bertz CT molecular complexity index is 228. The van der Waals surface area contributed by atoms with Crippen LogP contribution >= 0.6 is 0 Å².